The van der Waals surface area contributed by atoms with Crippen molar-refractivity contribution in [2.24, 2.45) is 0 Å². The molecule has 0 aliphatic rings. The highest BCUT2D eigenvalue weighted by atomic mass is 35.5. The van der Waals surface area contributed by atoms with Gasteiger partial charge >= 0.3 is 0 Å². The topological polar surface area (TPSA) is 62.7 Å². The molecule has 1 aromatic carbocycles. The van der Waals surface area contributed by atoms with Crippen LogP contribution in [0, 0.1) is 11.3 Å². The summed E-state index contributed by atoms with van der Waals surface area (Å²) in [6, 6.07) is 8.93. The second kappa shape index (κ2) is 4.11. The van der Waals surface area contributed by atoms with E-state index in [1.165, 1.54) is 0 Å². The van der Waals surface area contributed by atoms with Crippen molar-refractivity contribution in [3.63, 3.8) is 0 Å². The van der Waals surface area contributed by atoms with Gasteiger partial charge in [-0.2, -0.15) is 10.2 Å². The van der Waals surface area contributed by atoms with E-state index in [2.05, 4.69) is 10.1 Å². The second-order valence-corrected chi connectivity index (χ2v) is 3.11. The van der Waals surface area contributed by atoms with Crippen molar-refractivity contribution in [3.05, 3.63) is 35.7 Å². The molecule has 2 aromatic rings. The van der Waals surface area contributed by atoms with E-state index in [1.54, 1.807) is 24.3 Å². The van der Waals surface area contributed by atoms with Crippen LogP contribution in [0.25, 0.3) is 11.5 Å². The van der Waals surface area contributed by atoms with Crippen LogP contribution in [-0.4, -0.2) is 10.1 Å². The molecule has 0 bridgehead atoms. The Kier molecular flexibility index (Phi) is 2.66. The number of alkyl halides is 1. The first-order valence-electron chi connectivity index (χ1n) is 4.22. The molecule has 2 rings (SSSR count). The van der Waals surface area contributed by atoms with Gasteiger partial charge in [-0.15, -0.1) is 11.6 Å². The van der Waals surface area contributed by atoms with E-state index in [9.17, 15) is 0 Å². The molecule has 4 nitrogen and oxygen atoms in total. The molecule has 0 saturated heterocycles. The summed E-state index contributed by atoms with van der Waals surface area (Å²) < 4.78 is 4.99. The molecule has 0 atom stereocenters. The van der Waals surface area contributed by atoms with E-state index < -0.39 is 0 Å². The highest BCUT2D eigenvalue weighted by Gasteiger charge is 2.07. The molecule has 0 aliphatic carbocycles. The molecule has 0 aliphatic heterocycles. The van der Waals surface area contributed by atoms with E-state index >= 15 is 0 Å². The molecule has 1 heterocycles. The average Bonchev–Trinajstić information content (AvgIpc) is 2.78. The normalized spacial score (nSPS) is 9.87. The highest BCUT2D eigenvalue weighted by Crippen LogP contribution is 2.17. The maximum Gasteiger partial charge on any atom is 0.257 e. The molecule has 74 valence electrons. The Labute approximate surface area is 91.1 Å². The molecule has 0 unspecified atom stereocenters. The lowest BCUT2D eigenvalue weighted by molar-refractivity contribution is 0.425. The van der Waals surface area contributed by atoms with Crippen LogP contribution in [0.4, 0.5) is 0 Å². The quantitative estimate of drug-likeness (QED) is 0.728. The SMILES string of the molecule is N#Cc1ccc(-c2nc(CCl)no2)cc1. The zero-order valence-electron chi connectivity index (χ0n) is 7.64. The first-order valence-corrected chi connectivity index (χ1v) is 4.76. The van der Waals surface area contributed by atoms with Gasteiger partial charge in [0.25, 0.3) is 5.89 Å². The van der Waals surface area contributed by atoms with Gasteiger partial charge in [0.2, 0.25) is 0 Å². The molecular formula is C10H6ClN3O. The van der Waals surface area contributed by atoms with Crippen LogP contribution in [0.3, 0.4) is 0 Å². The summed E-state index contributed by atoms with van der Waals surface area (Å²) in [5, 5.41) is 12.3. The summed E-state index contributed by atoms with van der Waals surface area (Å²) in [5.74, 6) is 1.09. The van der Waals surface area contributed by atoms with Gasteiger partial charge in [0.15, 0.2) is 5.82 Å². The van der Waals surface area contributed by atoms with Crippen LogP contribution in [0.5, 0.6) is 0 Å². The Bertz CT molecular complexity index is 498. The number of rotatable bonds is 2. The molecule has 5 heteroatoms. The average molecular weight is 220 g/mol. The van der Waals surface area contributed by atoms with Crippen LogP contribution in [0.2, 0.25) is 0 Å². The van der Waals surface area contributed by atoms with Crippen molar-refractivity contribution >= 4 is 11.6 Å². The molecule has 0 amide bonds. The lowest BCUT2D eigenvalue weighted by Crippen LogP contribution is -1.81. The van der Waals surface area contributed by atoms with E-state index in [0.717, 1.165) is 5.56 Å². The minimum Gasteiger partial charge on any atom is -0.334 e. The number of hydrogen-bond acceptors (Lipinski definition) is 4. The Balaban J connectivity index is 2.33. The summed E-state index contributed by atoms with van der Waals surface area (Å²) in [6.07, 6.45) is 0. The third-order valence-electron chi connectivity index (χ3n) is 1.85. The van der Waals surface area contributed by atoms with Crippen LogP contribution in [-0.2, 0) is 5.88 Å². The zero-order chi connectivity index (χ0) is 10.7. The van der Waals surface area contributed by atoms with Gasteiger partial charge in [-0.05, 0) is 24.3 Å². The third kappa shape index (κ3) is 1.97. The Morgan fingerprint density at radius 1 is 1.33 bits per heavy atom. The lowest BCUT2D eigenvalue weighted by Gasteiger charge is -1.92. The highest BCUT2D eigenvalue weighted by molar-refractivity contribution is 6.16. The molecule has 15 heavy (non-hydrogen) atoms. The van der Waals surface area contributed by atoms with Gasteiger partial charge in [0.1, 0.15) is 0 Å². The van der Waals surface area contributed by atoms with Crippen molar-refractivity contribution in [2.45, 2.75) is 5.88 Å². The number of aromatic nitrogens is 2. The van der Waals surface area contributed by atoms with E-state index in [4.69, 9.17) is 21.4 Å². The minimum absolute atomic E-state index is 0.222. The monoisotopic (exact) mass is 219 g/mol. The Morgan fingerprint density at radius 3 is 2.60 bits per heavy atom. The largest absolute Gasteiger partial charge is 0.334 e. The number of halogens is 1. The van der Waals surface area contributed by atoms with E-state index in [0.29, 0.717) is 17.3 Å². The predicted molar refractivity (Wildman–Crippen MR) is 54.0 cm³/mol. The van der Waals surface area contributed by atoms with Crippen molar-refractivity contribution in [3.8, 4) is 17.5 Å². The van der Waals surface area contributed by atoms with Crippen LogP contribution in [0.1, 0.15) is 11.4 Å². The molecule has 0 fully saturated rings. The van der Waals surface area contributed by atoms with Gasteiger partial charge in [-0.25, -0.2) is 0 Å². The molecule has 0 N–H and O–H groups in total. The minimum atomic E-state index is 0.222. The van der Waals surface area contributed by atoms with Crippen molar-refractivity contribution in [2.75, 3.05) is 0 Å². The predicted octanol–water partition coefficient (Wildman–Crippen LogP) is 2.35. The molecule has 0 radical (unpaired) electrons. The Hall–Kier alpha value is -1.86. The maximum absolute atomic E-state index is 8.62. The fourth-order valence-corrected chi connectivity index (χ4v) is 1.22. The van der Waals surface area contributed by atoms with E-state index in [1.807, 2.05) is 6.07 Å². The molecule has 1 aromatic heterocycles. The molecular weight excluding hydrogens is 214 g/mol. The van der Waals surface area contributed by atoms with Gasteiger partial charge in [0.05, 0.1) is 17.5 Å². The lowest BCUT2D eigenvalue weighted by atomic mass is 10.1. The second-order valence-electron chi connectivity index (χ2n) is 2.84. The maximum atomic E-state index is 8.62. The van der Waals surface area contributed by atoms with Crippen LogP contribution in [0.15, 0.2) is 28.8 Å². The smallest absolute Gasteiger partial charge is 0.257 e. The fraction of sp³-hybridized carbons (Fsp3) is 0.100. The van der Waals surface area contributed by atoms with Gasteiger partial charge in [0, 0.05) is 5.56 Å². The first-order chi connectivity index (χ1) is 7.33. The number of benzene rings is 1. The van der Waals surface area contributed by atoms with Crippen molar-refractivity contribution in [1.29, 1.82) is 5.26 Å². The van der Waals surface area contributed by atoms with E-state index in [-0.39, 0.29) is 5.88 Å². The van der Waals surface area contributed by atoms with Crippen molar-refractivity contribution < 1.29 is 4.52 Å². The van der Waals surface area contributed by atoms with Crippen LogP contribution < -0.4 is 0 Å². The Morgan fingerprint density at radius 2 is 2.07 bits per heavy atom. The summed E-state index contributed by atoms with van der Waals surface area (Å²) in [5.41, 5.74) is 1.37. The van der Waals surface area contributed by atoms with Gasteiger partial charge < -0.3 is 4.52 Å². The van der Waals surface area contributed by atoms with Gasteiger partial charge in [-0.3, -0.25) is 0 Å². The van der Waals surface area contributed by atoms with Gasteiger partial charge in [-0.1, -0.05) is 5.16 Å². The summed E-state index contributed by atoms with van der Waals surface area (Å²) >= 11 is 5.55. The summed E-state index contributed by atoms with van der Waals surface area (Å²) in [4.78, 5) is 4.06. The zero-order valence-corrected chi connectivity index (χ0v) is 8.40. The number of hydrogen-bond donors (Lipinski definition) is 0. The first kappa shape index (κ1) is 9.69. The summed E-state index contributed by atoms with van der Waals surface area (Å²) in [7, 11) is 0. The molecule has 0 spiro atoms. The molecule has 0 saturated carbocycles. The standard InChI is InChI=1S/C10H6ClN3O/c11-5-9-13-10(15-14-9)8-3-1-7(6-12)2-4-8/h1-4H,5H2. The summed E-state index contributed by atoms with van der Waals surface area (Å²) in [6.45, 7) is 0. The third-order valence-corrected chi connectivity index (χ3v) is 2.09. The van der Waals surface area contributed by atoms with Crippen LogP contribution >= 0.6 is 11.6 Å². The number of nitrogens with zero attached hydrogens (tertiary/aromatic N) is 3. The van der Waals surface area contributed by atoms with Crippen molar-refractivity contribution in [1.82, 2.24) is 10.1 Å². The number of nitriles is 1. The fourth-order valence-electron chi connectivity index (χ4n) is 1.11.